The summed E-state index contributed by atoms with van der Waals surface area (Å²) in [4.78, 5) is 29.7. The first-order valence-electron chi connectivity index (χ1n) is 9.20. The number of carbonyl (C=O) groups is 1. The van der Waals surface area contributed by atoms with E-state index in [9.17, 15) is 19.3 Å². The molecule has 2 aromatic carbocycles. The van der Waals surface area contributed by atoms with Crippen LogP contribution < -0.4 is 15.5 Å². The Kier molecular flexibility index (Phi) is 6.02. The molecule has 0 spiro atoms. The third kappa shape index (κ3) is 4.76. The van der Waals surface area contributed by atoms with Crippen molar-refractivity contribution in [3.8, 4) is 0 Å². The lowest BCUT2D eigenvalue weighted by atomic mass is 10.1. The maximum Gasteiger partial charge on any atom is 0.293 e. The Morgan fingerprint density at radius 3 is 2.77 bits per heavy atom. The van der Waals surface area contributed by atoms with Gasteiger partial charge in [0.15, 0.2) is 10.2 Å². The summed E-state index contributed by atoms with van der Waals surface area (Å²) in [7, 11) is 0. The fourth-order valence-electron chi connectivity index (χ4n) is 3.14. The van der Waals surface area contributed by atoms with Crippen LogP contribution in [0.5, 0.6) is 0 Å². The quantitative estimate of drug-likeness (QED) is 0.346. The van der Waals surface area contributed by atoms with Crippen LogP contribution in [0.3, 0.4) is 0 Å². The summed E-state index contributed by atoms with van der Waals surface area (Å²) in [6, 6.07) is 8.49. The van der Waals surface area contributed by atoms with E-state index in [4.69, 9.17) is 17.0 Å². The van der Waals surface area contributed by atoms with E-state index in [2.05, 4.69) is 15.6 Å². The second-order valence-corrected chi connectivity index (χ2v) is 8.04. The molecule has 0 unspecified atom stereocenters. The smallest absolute Gasteiger partial charge is 0.293 e. The minimum absolute atomic E-state index is 0.0237. The molecule has 1 aromatic heterocycles. The van der Waals surface area contributed by atoms with E-state index in [1.165, 1.54) is 35.6 Å². The van der Waals surface area contributed by atoms with Crippen LogP contribution in [0.1, 0.15) is 10.4 Å². The number of hydrogen-bond acceptors (Lipinski definition) is 8. The molecule has 9 nitrogen and oxygen atoms in total. The fraction of sp³-hybridized carbons (Fsp3) is 0.211. The number of fused-ring (bicyclic) bond motifs is 1. The SMILES string of the molecule is O=C(NC(=S)Nc1nc2ccc(F)cc2s1)c1ccc(N2CCOCC2)c([N+](=O)[O-])c1. The first kappa shape index (κ1) is 21.0. The average molecular weight is 462 g/mol. The summed E-state index contributed by atoms with van der Waals surface area (Å²) in [6.45, 7) is 2.04. The molecule has 1 fully saturated rings. The number of halogens is 1. The highest BCUT2D eigenvalue weighted by Gasteiger charge is 2.23. The monoisotopic (exact) mass is 461 g/mol. The van der Waals surface area contributed by atoms with Gasteiger partial charge in [0.25, 0.3) is 11.6 Å². The van der Waals surface area contributed by atoms with Crippen molar-refractivity contribution in [1.82, 2.24) is 10.3 Å². The van der Waals surface area contributed by atoms with Crippen molar-refractivity contribution in [3.05, 3.63) is 57.9 Å². The zero-order chi connectivity index (χ0) is 22.0. The van der Waals surface area contributed by atoms with Crippen LogP contribution in [-0.4, -0.2) is 47.2 Å². The predicted octanol–water partition coefficient (Wildman–Crippen LogP) is 3.31. The van der Waals surface area contributed by atoms with Crippen LogP contribution in [0.2, 0.25) is 0 Å². The number of thiazole rings is 1. The van der Waals surface area contributed by atoms with Crippen LogP contribution in [0, 0.1) is 15.9 Å². The Morgan fingerprint density at radius 1 is 1.26 bits per heavy atom. The van der Waals surface area contributed by atoms with E-state index < -0.39 is 10.8 Å². The standard InChI is InChI=1S/C19H16FN5O4S2/c20-12-2-3-13-16(10-12)31-19(21-13)23-18(30)22-17(26)11-1-4-14(15(9-11)25(27)28)24-5-7-29-8-6-24/h1-4,9-10H,5-8H2,(H2,21,22,23,26,30). The molecule has 12 heteroatoms. The van der Waals surface area contributed by atoms with Gasteiger partial charge in [0.05, 0.1) is 28.4 Å². The molecular formula is C19H16FN5O4S2. The molecule has 31 heavy (non-hydrogen) atoms. The van der Waals surface area contributed by atoms with Gasteiger partial charge in [-0.05, 0) is 42.5 Å². The van der Waals surface area contributed by atoms with Gasteiger partial charge in [-0.25, -0.2) is 9.37 Å². The predicted molar refractivity (Wildman–Crippen MR) is 119 cm³/mol. The molecule has 0 atom stereocenters. The van der Waals surface area contributed by atoms with E-state index in [0.29, 0.717) is 47.3 Å². The van der Waals surface area contributed by atoms with E-state index in [-0.39, 0.29) is 22.2 Å². The summed E-state index contributed by atoms with van der Waals surface area (Å²) in [6.07, 6.45) is 0. The van der Waals surface area contributed by atoms with Gasteiger partial charge in [-0.15, -0.1) is 0 Å². The van der Waals surface area contributed by atoms with E-state index >= 15 is 0 Å². The Labute approximate surface area is 185 Å². The number of rotatable bonds is 4. The molecule has 1 saturated heterocycles. The van der Waals surface area contributed by atoms with Gasteiger partial charge in [0.1, 0.15) is 11.5 Å². The number of hydrogen-bond donors (Lipinski definition) is 2. The number of carbonyl (C=O) groups excluding carboxylic acids is 1. The van der Waals surface area contributed by atoms with Crippen molar-refractivity contribution in [2.24, 2.45) is 0 Å². The lowest BCUT2D eigenvalue weighted by Crippen LogP contribution is -2.37. The van der Waals surface area contributed by atoms with Crippen molar-refractivity contribution in [2.75, 3.05) is 36.5 Å². The van der Waals surface area contributed by atoms with Crippen LogP contribution >= 0.6 is 23.6 Å². The summed E-state index contributed by atoms with van der Waals surface area (Å²) in [5.41, 5.74) is 0.963. The number of benzene rings is 2. The topological polar surface area (TPSA) is 110 Å². The maximum atomic E-state index is 13.3. The molecule has 2 heterocycles. The van der Waals surface area contributed by atoms with Gasteiger partial charge in [-0.2, -0.15) is 0 Å². The summed E-state index contributed by atoms with van der Waals surface area (Å²) in [5, 5.41) is 17.2. The Balaban J connectivity index is 1.47. The summed E-state index contributed by atoms with van der Waals surface area (Å²) in [5.74, 6) is -0.970. The lowest BCUT2D eigenvalue weighted by Gasteiger charge is -2.28. The number of nitrogens with one attached hydrogen (secondary N) is 2. The number of thiocarbonyl (C=S) groups is 1. The maximum absolute atomic E-state index is 13.3. The largest absolute Gasteiger partial charge is 0.378 e. The first-order valence-corrected chi connectivity index (χ1v) is 10.4. The van der Waals surface area contributed by atoms with Crippen LogP contribution in [0.15, 0.2) is 36.4 Å². The molecule has 2 N–H and O–H groups in total. The Bertz CT molecular complexity index is 1180. The summed E-state index contributed by atoms with van der Waals surface area (Å²) >= 11 is 6.33. The van der Waals surface area contributed by atoms with Crippen molar-refractivity contribution in [2.45, 2.75) is 0 Å². The van der Waals surface area contributed by atoms with E-state index in [1.54, 1.807) is 12.1 Å². The normalized spacial score (nSPS) is 13.8. The van der Waals surface area contributed by atoms with Crippen molar-refractivity contribution < 1.29 is 18.8 Å². The Morgan fingerprint density at radius 2 is 2.03 bits per heavy atom. The first-order chi connectivity index (χ1) is 14.9. The third-order valence-corrected chi connectivity index (χ3v) is 5.72. The minimum Gasteiger partial charge on any atom is -0.378 e. The average Bonchev–Trinajstić information content (AvgIpc) is 3.14. The number of morpholine rings is 1. The number of nitrogens with zero attached hydrogens (tertiary/aromatic N) is 3. The molecule has 0 radical (unpaired) electrons. The molecular weight excluding hydrogens is 445 g/mol. The van der Waals surface area contributed by atoms with E-state index in [0.717, 1.165) is 0 Å². The number of aromatic nitrogens is 1. The number of anilines is 2. The van der Waals surface area contributed by atoms with E-state index in [1.807, 2.05) is 4.90 Å². The highest BCUT2D eigenvalue weighted by molar-refractivity contribution is 7.80. The molecule has 160 valence electrons. The zero-order valence-electron chi connectivity index (χ0n) is 16.0. The summed E-state index contributed by atoms with van der Waals surface area (Å²) < 4.78 is 19.2. The van der Waals surface area contributed by atoms with Gasteiger partial charge in [-0.1, -0.05) is 11.3 Å². The highest BCUT2D eigenvalue weighted by Crippen LogP contribution is 2.30. The molecule has 1 amide bonds. The number of nitro groups is 1. The fourth-order valence-corrected chi connectivity index (χ4v) is 4.29. The van der Waals surface area contributed by atoms with Gasteiger partial charge in [0, 0.05) is 24.7 Å². The number of amides is 1. The third-order valence-electron chi connectivity index (χ3n) is 4.58. The molecule has 0 bridgehead atoms. The molecule has 4 rings (SSSR count). The minimum atomic E-state index is -0.596. The van der Waals surface area contributed by atoms with Gasteiger partial charge in [0.2, 0.25) is 0 Å². The second-order valence-electron chi connectivity index (χ2n) is 6.60. The van der Waals surface area contributed by atoms with Crippen molar-refractivity contribution in [3.63, 3.8) is 0 Å². The number of nitro benzene ring substituents is 1. The van der Waals surface area contributed by atoms with Crippen molar-refractivity contribution >= 4 is 61.3 Å². The van der Waals surface area contributed by atoms with Crippen molar-refractivity contribution in [1.29, 1.82) is 0 Å². The molecule has 1 aliphatic heterocycles. The van der Waals surface area contributed by atoms with Gasteiger partial charge >= 0.3 is 0 Å². The lowest BCUT2D eigenvalue weighted by molar-refractivity contribution is -0.384. The second kappa shape index (κ2) is 8.88. The molecule has 0 saturated carbocycles. The van der Waals surface area contributed by atoms with Crippen LogP contribution in [-0.2, 0) is 4.74 Å². The van der Waals surface area contributed by atoms with Crippen LogP contribution in [0.25, 0.3) is 10.2 Å². The zero-order valence-corrected chi connectivity index (χ0v) is 17.6. The molecule has 3 aromatic rings. The highest BCUT2D eigenvalue weighted by atomic mass is 32.1. The van der Waals surface area contributed by atoms with Gasteiger partial charge in [-0.3, -0.25) is 20.2 Å². The Hall–Kier alpha value is -3.22. The van der Waals surface area contributed by atoms with Crippen LogP contribution in [0.4, 0.5) is 20.9 Å². The van der Waals surface area contributed by atoms with Gasteiger partial charge < -0.3 is 15.0 Å². The molecule has 0 aliphatic carbocycles. The molecule has 1 aliphatic rings. The number of ether oxygens (including phenoxy) is 1.